The molecule has 1 heterocycles. The highest BCUT2D eigenvalue weighted by atomic mass is 32.2. The highest BCUT2D eigenvalue weighted by Crippen LogP contribution is 2.17. The van der Waals surface area contributed by atoms with E-state index in [0.717, 1.165) is 18.0 Å². The fraction of sp³-hybridized carbons (Fsp3) is 0.200. The zero-order chi connectivity index (χ0) is 13.5. The maximum absolute atomic E-state index is 9.01. The Bertz CT molecular complexity index is 576. The number of hydrogen-bond acceptors (Lipinski definition) is 4. The van der Waals surface area contributed by atoms with Crippen LogP contribution in [0.1, 0.15) is 11.3 Å². The summed E-state index contributed by atoms with van der Waals surface area (Å²) in [7, 11) is 0. The van der Waals surface area contributed by atoms with E-state index in [0.29, 0.717) is 11.4 Å². The van der Waals surface area contributed by atoms with E-state index < -0.39 is 0 Å². The van der Waals surface area contributed by atoms with Crippen LogP contribution in [-0.2, 0) is 0 Å². The van der Waals surface area contributed by atoms with E-state index in [1.807, 2.05) is 31.2 Å². The first-order chi connectivity index (χ1) is 9.29. The van der Waals surface area contributed by atoms with E-state index in [4.69, 9.17) is 5.26 Å². The summed E-state index contributed by atoms with van der Waals surface area (Å²) in [4.78, 5) is 5.60. The van der Waals surface area contributed by atoms with E-state index in [1.54, 1.807) is 17.8 Å². The number of hydrogen-bond donors (Lipinski definition) is 1. The average molecular weight is 269 g/mol. The Labute approximate surface area is 117 Å². The van der Waals surface area contributed by atoms with Crippen molar-refractivity contribution in [1.82, 2.24) is 4.98 Å². The lowest BCUT2D eigenvalue weighted by atomic mass is 10.2. The summed E-state index contributed by atoms with van der Waals surface area (Å²) < 4.78 is 0. The summed E-state index contributed by atoms with van der Waals surface area (Å²) in [6, 6.07) is 16.1. The van der Waals surface area contributed by atoms with E-state index in [1.165, 1.54) is 4.90 Å². The number of rotatable bonds is 5. The molecule has 0 spiro atoms. The third kappa shape index (κ3) is 4.01. The minimum Gasteiger partial charge on any atom is -0.368 e. The van der Waals surface area contributed by atoms with Crippen LogP contribution in [-0.4, -0.2) is 17.3 Å². The molecular formula is C15H15N3S. The highest BCUT2D eigenvalue weighted by molar-refractivity contribution is 7.99. The van der Waals surface area contributed by atoms with Gasteiger partial charge in [0.25, 0.3) is 0 Å². The lowest BCUT2D eigenvalue weighted by Gasteiger charge is -2.07. The van der Waals surface area contributed by atoms with Gasteiger partial charge in [0.05, 0.1) is 5.56 Å². The van der Waals surface area contributed by atoms with E-state index in [2.05, 4.69) is 28.5 Å². The van der Waals surface area contributed by atoms with Crippen LogP contribution >= 0.6 is 11.8 Å². The molecule has 0 unspecified atom stereocenters. The Hall–Kier alpha value is -1.99. The van der Waals surface area contributed by atoms with Crippen molar-refractivity contribution in [2.24, 2.45) is 0 Å². The predicted molar refractivity (Wildman–Crippen MR) is 79.3 cm³/mol. The number of aryl methyl sites for hydroxylation is 1. The SMILES string of the molecule is Cc1ccc(C#N)c(NCCSc2ccccc2)n1. The molecule has 2 rings (SSSR count). The molecule has 0 amide bonds. The number of nitrogens with zero attached hydrogens (tertiary/aromatic N) is 2. The second-order valence-corrected chi connectivity index (χ2v) is 5.22. The normalized spacial score (nSPS) is 9.89. The summed E-state index contributed by atoms with van der Waals surface area (Å²) in [5.74, 6) is 1.61. The van der Waals surface area contributed by atoms with Gasteiger partial charge in [-0.1, -0.05) is 18.2 Å². The molecule has 0 radical (unpaired) electrons. The molecule has 0 saturated carbocycles. The van der Waals surface area contributed by atoms with Gasteiger partial charge in [0.15, 0.2) is 0 Å². The first-order valence-corrected chi connectivity index (χ1v) is 7.07. The summed E-state index contributed by atoms with van der Waals surface area (Å²) in [6.07, 6.45) is 0. The molecule has 0 aliphatic rings. The van der Waals surface area contributed by atoms with Crippen LogP contribution in [0.2, 0.25) is 0 Å². The molecule has 2 aromatic rings. The predicted octanol–water partition coefficient (Wildman–Crippen LogP) is 3.47. The second-order valence-electron chi connectivity index (χ2n) is 4.05. The Balaban J connectivity index is 1.86. The van der Waals surface area contributed by atoms with Gasteiger partial charge in [0, 0.05) is 22.9 Å². The topological polar surface area (TPSA) is 48.7 Å². The average Bonchev–Trinajstić information content (AvgIpc) is 2.45. The number of thioether (sulfide) groups is 1. The highest BCUT2D eigenvalue weighted by Gasteiger charge is 2.03. The number of aromatic nitrogens is 1. The molecule has 19 heavy (non-hydrogen) atoms. The third-order valence-electron chi connectivity index (χ3n) is 2.56. The van der Waals surface area contributed by atoms with Gasteiger partial charge in [-0.15, -0.1) is 11.8 Å². The number of nitriles is 1. The Morgan fingerprint density at radius 3 is 2.74 bits per heavy atom. The van der Waals surface area contributed by atoms with Crippen molar-refractivity contribution in [3.05, 3.63) is 53.7 Å². The Morgan fingerprint density at radius 2 is 2.00 bits per heavy atom. The maximum Gasteiger partial charge on any atom is 0.144 e. The zero-order valence-corrected chi connectivity index (χ0v) is 11.6. The van der Waals surface area contributed by atoms with Crippen molar-refractivity contribution in [2.75, 3.05) is 17.6 Å². The van der Waals surface area contributed by atoms with Gasteiger partial charge in [-0.25, -0.2) is 4.98 Å². The molecule has 0 saturated heterocycles. The van der Waals surface area contributed by atoms with Crippen molar-refractivity contribution in [2.45, 2.75) is 11.8 Å². The first-order valence-electron chi connectivity index (χ1n) is 6.09. The summed E-state index contributed by atoms with van der Waals surface area (Å²) >= 11 is 1.78. The smallest absolute Gasteiger partial charge is 0.144 e. The first kappa shape index (κ1) is 13.4. The largest absolute Gasteiger partial charge is 0.368 e. The van der Waals surface area contributed by atoms with Gasteiger partial charge in [0.2, 0.25) is 0 Å². The molecule has 96 valence electrons. The summed E-state index contributed by atoms with van der Waals surface area (Å²) in [6.45, 7) is 2.70. The molecule has 0 aliphatic heterocycles. The van der Waals surface area contributed by atoms with Crippen molar-refractivity contribution in [1.29, 1.82) is 5.26 Å². The molecule has 0 bridgehead atoms. The van der Waals surface area contributed by atoms with Crippen molar-refractivity contribution in [3.63, 3.8) is 0 Å². The van der Waals surface area contributed by atoms with Gasteiger partial charge in [0.1, 0.15) is 11.9 Å². The van der Waals surface area contributed by atoms with Crippen LogP contribution in [0.25, 0.3) is 0 Å². The molecule has 1 aromatic heterocycles. The number of nitrogens with one attached hydrogen (secondary N) is 1. The molecule has 1 N–H and O–H groups in total. The molecule has 4 heteroatoms. The van der Waals surface area contributed by atoms with Gasteiger partial charge in [-0.3, -0.25) is 0 Å². The Kier molecular flexibility index (Phi) is 4.82. The minimum absolute atomic E-state index is 0.593. The molecular weight excluding hydrogens is 254 g/mol. The molecule has 3 nitrogen and oxygen atoms in total. The zero-order valence-electron chi connectivity index (χ0n) is 10.8. The standard InChI is InChI=1S/C15H15N3S/c1-12-7-8-13(11-16)15(18-12)17-9-10-19-14-5-3-2-4-6-14/h2-8H,9-10H2,1H3,(H,17,18). The minimum atomic E-state index is 0.593. The van der Waals surface area contributed by atoms with Crippen LogP contribution < -0.4 is 5.32 Å². The van der Waals surface area contributed by atoms with E-state index >= 15 is 0 Å². The Morgan fingerprint density at radius 1 is 1.21 bits per heavy atom. The van der Waals surface area contributed by atoms with Crippen molar-refractivity contribution in [3.8, 4) is 6.07 Å². The van der Waals surface area contributed by atoms with Gasteiger partial charge in [-0.05, 0) is 31.2 Å². The van der Waals surface area contributed by atoms with E-state index in [9.17, 15) is 0 Å². The summed E-state index contributed by atoms with van der Waals surface area (Å²) in [5.41, 5.74) is 1.51. The number of benzene rings is 1. The van der Waals surface area contributed by atoms with Gasteiger partial charge >= 0.3 is 0 Å². The van der Waals surface area contributed by atoms with Crippen molar-refractivity contribution < 1.29 is 0 Å². The fourth-order valence-electron chi connectivity index (χ4n) is 1.64. The number of pyridine rings is 1. The third-order valence-corrected chi connectivity index (χ3v) is 3.58. The number of anilines is 1. The maximum atomic E-state index is 9.01. The monoisotopic (exact) mass is 269 g/mol. The molecule has 0 aliphatic carbocycles. The van der Waals surface area contributed by atoms with Crippen LogP contribution in [0.4, 0.5) is 5.82 Å². The van der Waals surface area contributed by atoms with E-state index in [-0.39, 0.29) is 0 Å². The van der Waals surface area contributed by atoms with Crippen LogP contribution in [0, 0.1) is 18.3 Å². The van der Waals surface area contributed by atoms with Gasteiger partial charge < -0.3 is 5.32 Å². The van der Waals surface area contributed by atoms with Crippen LogP contribution in [0.15, 0.2) is 47.4 Å². The lowest BCUT2D eigenvalue weighted by Crippen LogP contribution is -2.07. The van der Waals surface area contributed by atoms with Gasteiger partial charge in [-0.2, -0.15) is 5.26 Å². The lowest BCUT2D eigenvalue weighted by molar-refractivity contribution is 1.12. The quantitative estimate of drug-likeness (QED) is 0.667. The fourth-order valence-corrected chi connectivity index (χ4v) is 2.43. The van der Waals surface area contributed by atoms with Crippen LogP contribution in [0.5, 0.6) is 0 Å². The molecule has 0 fully saturated rings. The van der Waals surface area contributed by atoms with Crippen LogP contribution in [0.3, 0.4) is 0 Å². The summed E-state index contributed by atoms with van der Waals surface area (Å²) in [5, 5.41) is 12.2. The second kappa shape index (κ2) is 6.81. The molecule has 1 aromatic carbocycles. The van der Waals surface area contributed by atoms with Crippen molar-refractivity contribution >= 4 is 17.6 Å². The molecule has 0 atom stereocenters.